The fourth-order valence-electron chi connectivity index (χ4n) is 2.89. The monoisotopic (exact) mass is 326 g/mol. The summed E-state index contributed by atoms with van der Waals surface area (Å²) < 4.78 is 5.48. The largest absolute Gasteiger partial charge is 0.484 e. The molecule has 0 fully saturated rings. The van der Waals surface area contributed by atoms with Gasteiger partial charge in [-0.05, 0) is 36.1 Å². The first-order valence-electron chi connectivity index (χ1n) is 7.83. The van der Waals surface area contributed by atoms with Crippen molar-refractivity contribution in [2.45, 2.75) is 19.3 Å². The van der Waals surface area contributed by atoms with Crippen LogP contribution < -0.4 is 9.64 Å². The van der Waals surface area contributed by atoms with Gasteiger partial charge in [0.15, 0.2) is 6.61 Å². The van der Waals surface area contributed by atoms with E-state index in [4.69, 9.17) is 4.74 Å². The van der Waals surface area contributed by atoms with Crippen LogP contribution in [0, 0.1) is 10.1 Å². The quantitative estimate of drug-likeness (QED) is 0.636. The predicted molar refractivity (Wildman–Crippen MR) is 90.4 cm³/mol. The molecule has 0 aromatic heterocycles. The van der Waals surface area contributed by atoms with Gasteiger partial charge in [0.2, 0.25) is 0 Å². The van der Waals surface area contributed by atoms with Crippen molar-refractivity contribution in [1.29, 1.82) is 0 Å². The lowest BCUT2D eigenvalue weighted by Gasteiger charge is -2.32. The van der Waals surface area contributed by atoms with Gasteiger partial charge in [0.1, 0.15) is 5.75 Å². The van der Waals surface area contributed by atoms with Crippen molar-refractivity contribution in [3.05, 3.63) is 64.2 Å². The number of fused-ring (bicyclic) bond motifs is 1. The lowest BCUT2D eigenvalue weighted by Crippen LogP contribution is -2.39. The Morgan fingerprint density at radius 3 is 2.67 bits per heavy atom. The van der Waals surface area contributed by atoms with Crippen molar-refractivity contribution in [3.63, 3.8) is 0 Å². The van der Waals surface area contributed by atoms with Crippen molar-refractivity contribution < 1.29 is 14.5 Å². The van der Waals surface area contributed by atoms with Crippen LogP contribution in [0.5, 0.6) is 5.75 Å². The van der Waals surface area contributed by atoms with E-state index < -0.39 is 4.92 Å². The summed E-state index contributed by atoms with van der Waals surface area (Å²) in [6.45, 7) is 2.73. The molecule has 0 saturated carbocycles. The van der Waals surface area contributed by atoms with Gasteiger partial charge >= 0.3 is 0 Å². The van der Waals surface area contributed by atoms with Gasteiger partial charge in [-0.25, -0.2) is 0 Å². The molecule has 6 nitrogen and oxygen atoms in total. The minimum Gasteiger partial charge on any atom is -0.484 e. The number of carbonyl (C=O) groups is 1. The Kier molecular flexibility index (Phi) is 4.46. The molecule has 0 bridgehead atoms. The van der Waals surface area contributed by atoms with Crippen LogP contribution in [0.3, 0.4) is 0 Å². The van der Waals surface area contributed by atoms with Crippen molar-refractivity contribution in [2.75, 3.05) is 18.1 Å². The summed E-state index contributed by atoms with van der Waals surface area (Å²) in [7, 11) is 0. The van der Waals surface area contributed by atoms with Gasteiger partial charge in [0.05, 0.1) is 4.92 Å². The van der Waals surface area contributed by atoms with E-state index in [1.807, 2.05) is 18.2 Å². The molecule has 0 N–H and O–H groups in total. The molecule has 1 unspecified atom stereocenters. The van der Waals surface area contributed by atoms with Gasteiger partial charge in [-0.15, -0.1) is 0 Å². The number of hydrogen-bond acceptors (Lipinski definition) is 4. The highest BCUT2D eigenvalue weighted by Crippen LogP contribution is 2.34. The minimum absolute atomic E-state index is 0.00683. The molecular formula is C18H18N2O4. The molecule has 6 heteroatoms. The maximum atomic E-state index is 12.5. The SMILES string of the molecule is CC1CCN(C(=O)COc2ccc([N+](=O)[O-])cc2)c2ccccc21. The molecule has 1 amide bonds. The third-order valence-corrected chi connectivity index (χ3v) is 4.26. The number of amides is 1. The Labute approximate surface area is 139 Å². The third-order valence-electron chi connectivity index (χ3n) is 4.26. The number of para-hydroxylation sites is 1. The summed E-state index contributed by atoms with van der Waals surface area (Å²) in [5.41, 5.74) is 2.11. The number of rotatable bonds is 4. The van der Waals surface area contributed by atoms with Gasteiger partial charge in [0, 0.05) is 24.4 Å². The fraction of sp³-hybridized carbons (Fsp3) is 0.278. The van der Waals surface area contributed by atoms with Crippen LogP contribution in [-0.2, 0) is 4.79 Å². The lowest BCUT2D eigenvalue weighted by molar-refractivity contribution is -0.384. The summed E-state index contributed by atoms with van der Waals surface area (Å²) >= 11 is 0. The second-order valence-electron chi connectivity index (χ2n) is 5.83. The summed E-state index contributed by atoms with van der Waals surface area (Å²) in [4.78, 5) is 24.4. The first-order chi connectivity index (χ1) is 11.6. The minimum atomic E-state index is -0.471. The molecule has 1 atom stereocenters. The Balaban J connectivity index is 1.67. The highest BCUT2D eigenvalue weighted by molar-refractivity contribution is 5.95. The highest BCUT2D eigenvalue weighted by atomic mass is 16.6. The number of anilines is 1. The molecule has 1 aliphatic heterocycles. The van der Waals surface area contributed by atoms with Gasteiger partial charge in [0.25, 0.3) is 11.6 Å². The zero-order valence-corrected chi connectivity index (χ0v) is 13.3. The van der Waals surface area contributed by atoms with E-state index in [1.54, 1.807) is 4.90 Å². The summed E-state index contributed by atoms with van der Waals surface area (Å²) in [5, 5.41) is 10.6. The Morgan fingerprint density at radius 1 is 1.25 bits per heavy atom. The number of benzene rings is 2. The number of hydrogen-bond donors (Lipinski definition) is 0. The molecule has 1 heterocycles. The number of nitro groups is 1. The Morgan fingerprint density at radius 2 is 1.96 bits per heavy atom. The molecule has 2 aromatic rings. The maximum Gasteiger partial charge on any atom is 0.269 e. The van der Waals surface area contributed by atoms with Crippen LogP contribution in [0.2, 0.25) is 0 Å². The normalized spacial score (nSPS) is 16.4. The first kappa shape index (κ1) is 16.0. The number of nitrogens with zero attached hydrogens (tertiary/aromatic N) is 2. The van der Waals surface area contributed by atoms with E-state index in [1.165, 1.54) is 29.8 Å². The molecule has 0 saturated heterocycles. The van der Waals surface area contributed by atoms with Crippen LogP contribution in [0.25, 0.3) is 0 Å². The van der Waals surface area contributed by atoms with Crippen LogP contribution in [0.15, 0.2) is 48.5 Å². The van der Waals surface area contributed by atoms with Crippen molar-refractivity contribution in [1.82, 2.24) is 0 Å². The van der Waals surface area contributed by atoms with Crippen LogP contribution in [-0.4, -0.2) is 24.0 Å². The number of carbonyl (C=O) groups excluding carboxylic acids is 1. The molecular weight excluding hydrogens is 308 g/mol. The zero-order valence-electron chi connectivity index (χ0n) is 13.3. The fourth-order valence-corrected chi connectivity index (χ4v) is 2.89. The molecule has 1 aliphatic rings. The van der Waals surface area contributed by atoms with Gasteiger partial charge in [-0.1, -0.05) is 25.1 Å². The topological polar surface area (TPSA) is 72.7 Å². The predicted octanol–water partition coefficient (Wildman–Crippen LogP) is 3.51. The van der Waals surface area contributed by atoms with E-state index in [0.29, 0.717) is 18.2 Å². The Bertz CT molecular complexity index is 758. The van der Waals surface area contributed by atoms with E-state index in [0.717, 1.165) is 12.1 Å². The average Bonchev–Trinajstić information content (AvgIpc) is 2.60. The van der Waals surface area contributed by atoms with Gasteiger partial charge in [-0.2, -0.15) is 0 Å². The summed E-state index contributed by atoms with van der Waals surface area (Å²) in [6, 6.07) is 13.6. The van der Waals surface area contributed by atoms with Crippen molar-refractivity contribution >= 4 is 17.3 Å². The third kappa shape index (κ3) is 3.22. The molecule has 24 heavy (non-hydrogen) atoms. The summed E-state index contributed by atoms with van der Waals surface area (Å²) in [6.07, 6.45) is 0.917. The molecule has 124 valence electrons. The van der Waals surface area contributed by atoms with Crippen molar-refractivity contribution in [2.24, 2.45) is 0 Å². The molecule has 3 rings (SSSR count). The zero-order chi connectivity index (χ0) is 17.1. The number of ether oxygens (including phenoxy) is 1. The molecule has 0 aliphatic carbocycles. The smallest absolute Gasteiger partial charge is 0.269 e. The second-order valence-corrected chi connectivity index (χ2v) is 5.83. The second kappa shape index (κ2) is 6.70. The Hall–Kier alpha value is -2.89. The molecule has 0 radical (unpaired) electrons. The summed E-state index contributed by atoms with van der Waals surface area (Å²) in [5.74, 6) is 0.751. The highest BCUT2D eigenvalue weighted by Gasteiger charge is 2.26. The number of nitro benzene ring substituents is 1. The number of non-ortho nitro benzene ring substituents is 1. The van der Waals surface area contributed by atoms with Gasteiger partial charge in [-0.3, -0.25) is 14.9 Å². The molecule has 0 spiro atoms. The van der Waals surface area contributed by atoms with E-state index >= 15 is 0 Å². The molecule has 2 aromatic carbocycles. The average molecular weight is 326 g/mol. The van der Waals surface area contributed by atoms with Crippen LogP contribution >= 0.6 is 0 Å². The maximum absolute atomic E-state index is 12.5. The van der Waals surface area contributed by atoms with E-state index in [-0.39, 0.29) is 18.2 Å². The van der Waals surface area contributed by atoms with Crippen LogP contribution in [0.4, 0.5) is 11.4 Å². The van der Waals surface area contributed by atoms with Crippen LogP contribution in [0.1, 0.15) is 24.8 Å². The van der Waals surface area contributed by atoms with Crippen molar-refractivity contribution in [3.8, 4) is 5.75 Å². The first-order valence-corrected chi connectivity index (χ1v) is 7.83. The standard InChI is InChI=1S/C18H18N2O4/c1-13-10-11-19(17-5-3-2-4-16(13)17)18(21)12-24-15-8-6-14(7-9-15)20(22)23/h2-9,13H,10-12H2,1H3. The van der Waals surface area contributed by atoms with E-state index in [9.17, 15) is 14.9 Å². The van der Waals surface area contributed by atoms with Gasteiger partial charge < -0.3 is 9.64 Å². The lowest BCUT2D eigenvalue weighted by atomic mass is 9.91. The van der Waals surface area contributed by atoms with E-state index in [2.05, 4.69) is 13.0 Å².